The highest BCUT2D eigenvalue weighted by Crippen LogP contribution is 2.34. The number of benzene rings is 2. The van der Waals surface area contributed by atoms with Gasteiger partial charge in [0.1, 0.15) is 11.3 Å². The first kappa shape index (κ1) is 16.0. The molecule has 1 heterocycles. The first-order valence-corrected chi connectivity index (χ1v) is 7.47. The zero-order chi connectivity index (χ0) is 17.3. The van der Waals surface area contributed by atoms with E-state index in [0.717, 1.165) is 0 Å². The first-order valence-electron chi connectivity index (χ1n) is 7.09. The van der Waals surface area contributed by atoms with Crippen molar-refractivity contribution >= 4 is 22.6 Å². The summed E-state index contributed by atoms with van der Waals surface area (Å²) in [4.78, 5) is 22.9. The van der Waals surface area contributed by atoms with Crippen LogP contribution in [0.1, 0.15) is 17.0 Å². The zero-order valence-electron chi connectivity index (χ0n) is 12.3. The molecule has 0 saturated heterocycles. The third kappa shape index (κ3) is 2.96. The minimum absolute atomic E-state index is 0.132. The van der Waals surface area contributed by atoms with E-state index >= 15 is 0 Å². The molecule has 1 aromatic heterocycles. The topological polar surface area (TPSA) is 93.6 Å². The Morgan fingerprint density at radius 2 is 1.83 bits per heavy atom. The van der Waals surface area contributed by atoms with Crippen LogP contribution in [0.2, 0.25) is 5.02 Å². The van der Waals surface area contributed by atoms with Crippen LogP contribution in [0.25, 0.3) is 11.0 Å². The molecule has 2 aromatic carbocycles. The first-order chi connectivity index (χ1) is 11.5. The summed E-state index contributed by atoms with van der Waals surface area (Å²) in [6.07, 6.45) is 0. The van der Waals surface area contributed by atoms with Gasteiger partial charge in [-0.3, -0.25) is 10.1 Å². The van der Waals surface area contributed by atoms with Gasteiger partial charge in [0.15, 0.2) is 0 Å². The summed E-state index contributed by atoms with van der Waals surface area (Å²) in [7, 11) is 0. The minimum atomic E-state index is -0.946. The maximum Gasteiger partial charge on any atom is 0.344 e. The molecule has 0 aliphatic rings. The monoisotopic (exact) mass is 345 g/mol. The van der Waals surface area contributed by atoms with Crippen LogP contribution >= 0.6 is 11.6 Å². The predicted molar refractivity (Wildman–Crippen MR) is 89.3 cm³/mol. The molecule has 0 spiro atoms. The molecule has 3 aromatic rings. The molecule has 0 bridgehead atoms. The van der Waals surface area contributed by atoms with Crippen molar-refractivity contribution < 1.29 is 14.4 Å². The molecule has 1 atom stereocenters. The number of para-hydroxylation sites is 1. The fraction of sp³-hybridized carbons (Fsp3) is 0.118. The zero-order valence-corrected chi connectivity index (χ0v) is 13.1. The molecule has 3 rings (SSSR count). The third-order valence-electron chi connectivity index (χ3n) is 3.77. The molecule has 7 heteroatoms. The van der Waals surface area contributed by atoms with Gasteiger partial charge in [0.05, 0.1) is 16.9 Å². The molecule has 0 radical (unpaired) electrons. The number of halogens is 1. The highest BCUT2D eigenvalue weighted by Gasteiger charge is 2.28. The largest absolute Gasteiger partial charge is 0.507 e. The molecule has 122 valence electrons. The lowest BCUT2D eigenvalue weighted by atomic mass is 9.91. The summed E-state index contributed by atoms with van der Waals surface area (Å²) in [5, 5.41) is 22.4. The highest BCUT2D eigenvalue weighted by molar-refractivity contribution is 6.30. The van der Waals surface area contributed by atoms with Crippen LogP contribution in [-0.4, -0.2) is 16.6 Å². The van der Waals surface area contributed by atoms with E-state index in [1.165, 1.54) is 0 Å². The molecular formula is C17H12ClNO5. The van der Waals surface area contributed by atoms with Gasteiger partial charge in [0.25, 0.3) is 0 Å². The van der Waals surface area contributed by atoms with E-state index in [1.54, 1.807) is 48.5 Å². The number of aromatic hydroxyl groups is 1. The van der Waals surface area contributed by atoms with Gasteiger partial charge in [-0.15, -0.1) is 0 Å². The lowest BCUT2D eigenvalue weighted by Gasteiger charge is -2.15. The summed E-state index contributed by atoms with van der Waals surface area (Å²) >= 11 is 5.85. The summed E-state index contributed by atoms with van der Waals surface area (Å²) in [5.41, 5.74) is -0.214. The van der Waals surface area contributed by atoms with Gasteiger partial charge in [-0.25, -0.2) is 4.79 Å². The van der Waals surface area contributed by atoms with Crippen molar-refractivity contribution in [1.82, 2.24) is 0 Å². The SMILES string of the molecule is O=c1oc2ccccc2c(O)c1[C@@H](C[N+](=O)[O-])c1ccc(Cl)cc1. The Kier molecular flexibility index (Phi) is 4.22. The normalized spacial score (nSPS) is 12.2. The molecule has 0 unspecified atom stereocenters. The second-order valence-electron chi connectivity index (χ2n) is 5.27. The molecule has 6 nitrogen and oxygen atoms in total. The van der Waals surface area contributed by atoms with E-state index in [9.17, 15) is 20.0 Å². The van der Waals surface area contributed by atoms with Crippen molar-refractivity contribution in [3.8, 4) is 5.75 Å². The van der Waals surface area contributed by atoms with Crippen molar-refractivity contribution in [2.24, 2.45) is 0 Å². The summed E-state index contributed by atoms with van der Waals surface area (Å²) in [6, 6.07) is 12.8. The van der Waals surface area contributed by atoms with Gasteiger partial charge in [0.2, 0.25) is 6.54 Å². The average molecular weight is 346 g/mol. The Morgan fingerprint density at radius 1 is 1.17 bits per heavy atom. The number of nitro groups is 1. The van der Waals surface area contributed by atoms with E-state index in [0.29, 0.717) is 16.0 Å². The van der Waals surface area contributed by atoms with Crippen molar-refractivity contribution in [2.45, 2.75) is 5.92 Å². The van der Waals surface area contributed by atoms with E-state index in [2.05, 4.69) is 0 Å². The van der Waals surface area contributed by atoms with Crippen LogP contribution in [0.15, 0.2) is 57.7 Å². The molecule has 0 amide bonds. The Balaban J connectivity index is 2.24. The smallest absolute Gasteiger partial charge is 0.344 e. The molecule has 0 saturated carbocycles. The number of hydrogen-bond donors (Lipinski definition) is 1. The Morgan fingerprint density at radius 3 is 2.50 bits per heavy atom. The molecule has 0 fully saturated rings. The fourth-order valence-electron chi connectivity index (χ4n) is 2.66. The van der Waals surface area contributed by atoms with Crippen LogP contribution in [0, 0.1) is 10.1 Å². The number of hydrogen-bond acceptors (Lipinski definition) is 5. The van der Waals surface area contributed by atoms with Crippen LogP contribution in [0.3, 0.4) is 0 Å². The summed E-state index contributed by atoms with van der Waals surface area (Å²) < 4.78 is 5.22. The Hall–Kier alpha value is -2.86. The van der Waals surface area contributed by atoms with Gasteiger partial charge in [-0.1, -0.05) is 35.9 Å². The molecular weight excluding hydrogens is 334 g/mol. The van der Waals surface area contributed by atoms with E-state index in [1.807, 2.05) is 0 Å². The minimum Gasteiger partial charge on any atom is -0.507 e. The van der Waals surface area contributed by atoms with E-state index in [4.69, 9.17) is 16.0 Å². The third-order valence-corrected chi connectivity index (χ3v) is 4.02. The lowest BCUT2D eigenvalue weighted by Crippen LogP contribution is -2.21. The van der Waals surface area contributed by atoms with Crippen molar-refractivity contribution in [2.75, 3.05) is 6.54 Å². The van der Waals surface area contributed by atoms with Crippen molar-refractivity contribution in [1.29, 1.82) is 0 Å². The highest BCUT2D eigenvalue weighted by atomic mass is 35.5. The standard InChI is InChI=1S/C17H12ClNO5/c18-11-7-5-10(6-8-11)13(9-19(22)23)15-16(20)12-3-1-2-4-14(12)24-17(15)21/h1-8,13,20H,9H2/t13-/m0/s1. The van der Waals surface area contributed by atoms with Crippen LogP contribution in [0.5, 0.6) is 5.75 Å². The maximum absolute atomic E-state index is 12.3. The summed E-state index contributed by atoms with van der Waals surface area (Å²) in [6.45, 7) is -0.557. The molecule has 0 aliphatic carbocycles. The number of rotatable bonds is 4. The van der Waals surface area contributed by atoms with Gasteiger partial charge in [0, 0.05) is 9.95 Å². The average Bonchev–Trinajstić information content (AvgIpc) is 2.54. The van der Waals surface area contributed by atoms with Gasteiger partial charge in [-0.2, -0.15) is 0 Å². The predicted octanol–water partition coefficient (Wildman–Crippen LogP) is 3.56. The van der Waals surface area contributed by atoms with Crippen molar-refractivity contribution in [3.63, 3.8) is 0 Å². The van der Waals surface area contributed by atoms with Gasteiger partial charge in [-0.05, 0) is 29.8 Å². The van der Waals surface area contributed by atoms with E-state index < -0.39 is 23.0 Å². The van der Waals surface area contributed by atoms with Gasteiger partial charge < -0.3 is 9.52 Å². The molecule has 24 heavy (non-hydrogen) atoms. The Bertz CT molecular complexity index is 965. The maximum atomic E-state index is 12.3. The summed E-state index contributed by atoms with van der Waals surface area (Å²) in [5.74, 6) is -1.25. The van der Waals surface area contributed by atoms with Gasteiger partial charge >= 0.3 is 5.63 Å². The molecule has 1 N–H and O–H groups in total. The van der Waals surface area contributed by atoms with Crippen LogP contribution < -0.4 is 5.63 Å². The van der Waals surface area contributed by atoms with Crippen LogP contribution in [0.4, 0.5) is 0 Å². The molecule has 0 aliphatic heterocycles. The second kappa shape index (κ2) is 6.33. The number of fused-ring (bicyclic) bond motifs is 1. The number of nitrogens with zero attached hydrogens (tertiary/aromatic N) is 1. The lowest BCUT2D eigenvalue weighted by molar-refractivity contribution is -0.481. The van der Waals surface area contributed by atoms with Crippen molar-refractivity contribution in [3.05, 3.63) is 85.2 Å². The quantitative estimate of drug-likeness (QED) is 0.443. The fourth-order valence-corrected chi connectivity index (χ4v) is 2.79. The second-order valence-corrected chi connectivity index (χ2v) is 5.70. The van der Waals surface area contributed by atoms with E-state index in [-0.39, 0.29) is 16.9 Å². The Labute approximate surface area is 141 Å². The van der Waals surface area contributed by atoms with Crippen LogP contribution in [-0.2, 0) is 0 Å².